The smallest absolute Gasteiger partial charge is 0.242 e. The van der Waals surface area contributed by atoms with E-state index >= 15 is 0 Å². The summed E-state index contributed by atoms with van der Waals surface area (Å²) in [5.74, 6) is 1.38. The first-order chi connectivity index (χ1) is 11.3. The molecule has 0 spiro atoms. The number of aromatic nitrogens is 2. The molecule has 2 heterocycles. The van der Waals surface area contributed by atoms with Crippen LogP contribution in [0.25, 0.3) is 11.3 Å². The van der Waals surface area contributed by atoms with Crippen molar-refractivity contribution in [2.75, 3.05) is 19.0 Å². The minimum Gasteiger partial charge on any atom is -0.496 e. The van der Waals surface area contributed by atoms with Crippen LogP contribution in [-0.4, -0.2) is 35.8 Å². The van der Waals surface area contributed by atoms with Gasteiger partial charge in [-0.25, -0.2) is 0 Å². The van der Waals surface area contributed by atoms with Gasteiger partial charge in [-0.05, 0) is 43.5 Å². The molecule has 1 saturated heterocycles. The quantitative estimate of drug-likeness (QED) is 0.905. The summed E-state index contributed by atoms with van der Waals surface area (Å²) >= 11 is 0. The first-order valence-corrected chi connectivity index (χ1v) is 7.79. The molecule has 1 aliphatic rings. The van der Waals surface area contributed by atoms with Crippen molar-refractivity contribution in [2.45, 2.75) is 25.3 Å². The van der Waals surface area contributed by atoms with Crippen molar-refractivity contribution >= 4 is 11.7 Å². The van der Waals surface area contributed by atoms with Crippen LogP contribution in [0.4, 0.5) is 5.82 Å². The number of para-hydroxylation sites is 1. The van der Waals surface area contributed by atoms with Gasteiger partial charge in [-0.1, -0.05) is 12.1 Å². The van der Waals surface area contributed by atoms with Crippen LogP contribution in [0, 0.1) is 0 Å². The highest BCUT2D eigenvalue weighted by Gasteiger charge is 2.20. The van der Waals surface area contributed by atoms with E-state index in [0.717, 1.165) is 42.8 Å². The number of benzene rings is 1. The lowest BCUT2D eigenvalue weighted by atomic mass is 10.1. The van der Waals surface area contributed by atoms with Gasteiger partial charge >= 0.3 is 0 Å². The lowest BCUT2D eigenvalue weighted by molar-refractivity contribution is -0.121. The van der Waals surface area contributed by atoms with Gasteiger partial charge in [0.2, 0.25) is 5.91 Å². The predicted molar refractivity (Wildman–Crippen MR) is 88.3 cm³/mol. The third-order valence-corrected chi connectivity index (χ3v) is 3.90. The lowest BCUT2D eigenvalue weighted by Gasteiger charge is -2.15. The number of rotatable bonds is 4. The summed E-state index contributed by atoms with van der Waals surface area (Å²) in [6, 6.07) is 11.1. The third-order valence-electron chi connectivity index (χ3n) is 3.90. The molecule has 1 amide bonds. The zero-order valence-corrected chi connectivity index (χ0v) is 13.1. The molecule has 0 radical (unpaired) electrons. The van der Waals surface area contributed by atoms with Gasteiger partial charge in [0.1, 0.15) is 17.6 Å². The van der Waals surface area contributed by atoms with E-state index in [1.807, 2.05) is 36.4 Å². The van der Waals surface area contributed by atoms with Gasteiger partial charge in [-0.3, -0.25) is 4.79 Å². The van der Waals surface area contributed by atoms with Crippen LogP contribution >= 0.6 is 0 Å². The van der Waals surface area contributed by atoms with Crippen molar-refractivity contribution in [2.24, 2.45) is 0 Å². The number of anilines is 1. The average molecular weight is 312 g/mol. The molecule has 6 nitrogen and oxygen atoms in total. The number of nitrogens with zero attached hydrogens (tertiary/aromatic N) is 2. The number of hydrogen-bond donors (Lipinski definition) is 2. The fourth-order valence-electron chi connectivity index (χ4n) is 2.66. The van der Waals surface area contributed by atoms with E-state index in [0.29, 0.717) is 5.82 Å². The highest BCUT2D eigenvalue weighted by Crippen LogP contribution is 2.27. The fraction of sp³-hybridized carbons (Fsp3) is 0.353. The van der Waals surface area contributed by atoms with E-state index in [1.165, 1.54) is 0 Å². The van der Waals surface area contributed by atoms with Crippen LogP contribution in [-0.2, 0) is 4.79 Å². The third kappa shape index (κ3) is 3.59. The summed E-state index contributed by atoms with van der Waals surface area (Å²) in [6.07, 6.45) is 2.84. The van der Waals surface area contributed by atoms with Gasteiger partial charge in [-0.2, -0.15) is 0 Å². The Hall–Kier alpha value is -2.63. The number of hydrogen-bond acceptors (Lipinski definition) is 5. The molecular formula is C17H20N4O2. The van der Waals surface area contributed by atoms with Crippen LogP contribution in [0.1, 0.15) is 19.3 Å². The SMILES string of the molecule is COc1ccccc1-c1ccc(N[C@H]2CCCCNC2=O)nn1. The summed E-state index contributed by atoms with van der Waals surface area (Å²) in [7, 11) is 1.63. The van der Waals surface area contributed by atoms with Crippen LogP contribution in [0.3, 0.4) is 0 Å². The van der Waals surface area contributed by atoms with Gasteiger partial charge in [-0.15, -0.1) is 10.2 Å². The molecule has 1 aromatic heterocycles. The Kier molecular flexibility index (Phi) is 4.71. The number of carbonyl (C=O) groups is 1. The number of amides is 1. The van der Waals surface area contributed by atoms with Gasteiger partial charge in [0.25, 0.3) is 0 Å². The Morgan fingerprint density at radius 2 is 2.04 bits per heavy atom. The second kappa shape index (κ2) is 7.09. The summed E-state index contributed by atoms with van der Waals surface area (Å²) in [5.41, 5.74) is 1.62. The number of nitrogens with one attached hydrogen (secondary N) is 2. The minimum absolute atomic E-state index is 0.0260. The van der Waals surface area contributed by atoms with Gasteiger partial charge in [0.05, 0.1) is 12.8 Å². The Bertz CT molecular complexity index is 673. The summed E-state index contributed by atoms with van der Waals surface area (Å²) in [6.45, 7) is 0.745. The van der Waals surface area contributed by atoms with E-state index < -0.39 is 0 Å². The van der Waals surface area contributed by atoms with Crippen LogP contribution in [0.2, 0.25) is 0 Å². The molecule has 23 heavy (non-hydrogen) atoms. The summed E-state index contributed by atoms with van der Waals surface area (Å²) in [5, 5.41) is 14.5. The molecule has 2 aromatic rings. The van der Waals surface area contributed by atoms with Crippen molar-refractivity contribution in [3.05, 3.63) is 36.4 Å². The molecule has 6 heteroatoms. The second-order valence-electron chi connectivity index (χ2n) is 5.49. The lowest BCUT2D eigenvalue weighted by Crippen LogP contribution is -2.38. The summed E-state index contributed by atoms with van der Waals surface area (Å²) < 4.78 is 5.34. The van der Waals surface area contributed by atoms with E-state index in [9.17, 15) is 4.79 Å². The van der Waals surface area contributed by atoms with Crippen molar-refractivity contribution in [1.82, 2.24) is 15.5 Å². The van der Waals surface area contributed by atoms with Gasteiger partial charge in [0.15, 0.2) is 0 Å². The monoisotopic (exact) mass is 312 g/mol. The maximum absolute atomic E-state index is 12.0. The molecule has 0 unspecified atom stereocenters. The standard InChI is InChI=1S/C17H20N4O2/c1-23-15-8-3-2-6-12(15)13-9-10-16(21-20-13)19-14-7-4-5-11-18-17(14)22/h2-3,6,8-10,14H,4-5,7,11H2,1H3,(H,18,22)(H,19,21)/t14-/m0/s1. The Labute approximate surface area is 135 Å². The van der Waals surface area contributed by atoms with E-state index in [4.69, 9.17) is 4.74 Å². The van der Waals surface area contributed by atoms with Gasteiger partial charge in [0, 0.05) is 12.1 Å². The Morgan fingerprint density at radius 1 is 1.17 bits per heavy atom. The predicted octanol–water partition coefficient (Wildman–Crippen LogP) is 2.23. The number of methoxy groups -OCH3 is 1. The van der Waals surface area contributed by atoms with Crippen LogP contribution in [0.5, 0.6) is 5.75 Å². The summed E-state index contributed by atoms with van der Waals surface area (Å²) in [4.78, 5) is 12.0. The molecule has 2 N–H and O–H groups in total. The van der Waals surface area contributed by atoms with Gasteiger partial charge < -0.3 is 15.4 Å². The molecule has 0 saturated carbocycles. The average Bonchev–Trinajstić information content (AvgIpc) is 2.80. The molecule has 1 aliphatic heterocycles. The molecule has 1 aromatic carbocycles. The highest BCUT2D eigenvalue weighted by atomic mass is 16.5. The van der Waals surface area contributed by atoms with Crippen LogP contribution < -0.4 is 15.4 Å². The zero-order valence-electron chi connectivity index (χ0n) is 13.1. The molecule has 3 rings (SSSR count). The molecule has 0 bridgehead atoms. The molecule has 1 fully saturated rings. The zero-order chi connectivity index (χ0) is 16.1. The van der Waals surface area contributed by atoms with Crippen LogP contribution in [0.15, 0.2) is 36.4 Å². The van der Waals surface area contributed by atoms with E-state index in [2.05, 4.69) is 20.8 Å². The van der Waals surface area contributed by atoms with Crippen molar-refractivity contribution in [3.8, 4) is 17.0 Å². The molecule has 1 atom stereocenters. The van der Waals surface area contributed by atoms with Crippen molar-refractivity contribution in [1.29, 1.82) is 0 Å². The van der Waals surface area contributed by atoms with E-state index in [-0.39, 0.29) is 11.9 Å². The van der Waals surface area contributed by atoms with Crippen molar-refractivity contribution in [3.63, 3.8) is 0 Å². The first kappa shape index (κ1) is 15.3. The highest BCUT2D eigenvalue weighted by molar-refractivity contribution is 5.84. The number of ether oxygens (including phenoxy) is 1. The van der Waals surface area contributed by atoms with Crippen molar-refractivity contribution < 1.29 is 9.53 Å². The largest absolute Gasteiger partial charge is 0.496 e. The Morgan fingerprint density at radius 3 is 2.83 bits per heavy atom. The normalized spacial score (nSPS) is 18.0. The topological polar surface area (TPSA) is 76.1 Å². The minimum atomic E-state index is -0.246. The Balaban J connectivity index is 1.75. The molecule has 0 aliphatic carbocycles. The molecular weight excluding hydrogens is 292 g/mol. The molecule has 120 valence electrons. The second-order valence-corrected chi connectivity index (χ2v) is 5.49. The first-order valence-electron chi connectivity index (χ1n) is 7.79. The fourth-order valence-corrected chi connectivity index (χ4v) is 2.66. The maximum Gasteiger partial charge on any atom is 0.242 e. The van der Waals surface area contributed by atoms with E-state index in [1.54, 1.807) is 7.11 Å². The maximum atomic E-state index is 12.0. The number of carbonyl (C=O) groups excluding carboxylic acids is 1.